The van der Waals surface area contributed by atoms with Gasteiger partial charge >= 0.3 is 5.97 Å². The number of ketones is 1. The first-order valence-corrected chi connectivity index (χ1v) is 8.80. The summed E-state index contributed by atoms with van der Waals surface area (Å²) in [4.78, 5) is 25.2. The number of Topliss-reactive ketones (excluding diaryl/α,β-unsaturated/α-hetero) is 1. The number of carbonyl (C=O) groups is 2. The highest BCUT2D eigenvalue weighted by Gasteiger charge is 2.25. The van der Waals surface area contributed by atoms with E-state index in [4.69, 9.17) is 16.3 Å². The summed E-state index contributed by atoms with van der Waals surface area (Å²) in [5.74, 6) is -0.887. The summed E-state index contributed by atoms with van der Waals surface area (Å²) < 4.78 is 5.50. The molecule has 0 aliphatic carbocycles. The highest BCUT2D eigenvalue weighted by Crippen LogP contribution is 2.24. The average Bonchev–Trinajstić information content (AvgIpc) is 2.72. The number of hydrogen-bond acceptors (Lipinski definition) is 3. The summed E-state index contributed by atoms with van der Waals surface area (Å²) >= 11 is 5.93. The fraction of sp³-hybridized carbons (Fsp3) is 0.0435. The molecular weight excluding hydrogens is 360 g/mol. The lowest BCUT2D eigenvalue weighted by Crippen LogP contribution is -2.19. The van der Waals surface area contributed by atoms with Crippen molar-refractivity contribution in [3.63, 3.8) is 0 Å². The predicted octanol–water partition coefficient (Wildman–Crippen LogP) is 5.52. The zero-order valence-corrected chi connectivity index (χ0v) is 15.2. The maximum Gasteiger partial charge on any atom is 0.331 e. The lowest BCUT2D eigenvalue weighted by atomic mass is 10.00. The Kier molecular flexibility index (Phi) is 6.18. The van der Waals surface area contributed by atoms with Crippen molar-refractivity contribution < 1.29 is 14.3 Å². The van der Waals surface area contributed by atoms with E-state index in [0.717, 1.165) is 5.56 Å². The molecule has 0 saturated heterocycles. The van der Waals surface area contributed by atoms with Gasteiger partial charge in [0.15, 0.2) is 6.10 Å². The van der Waals surface area contributed by atoms with E-state index in [9.17, 15) is 9.59 Å². The van der Waals surface area contributed by atoms with Crippen LogP contribution in [0.4, 0.5) is 0 Å². The molecule has 0 aromatic heterocycles. The summed E-state index contributed by atoms with van der Waals surface area (Å²) in [6, 6.07) is 24.8. The Morgan fingerprint density at radius 1 is 0.815 bits per heavy atom. The Morgan fingerprint density at radius 3 is 2.04 bits per heavy atom. The molecule has 0 radical (unpaired) electrons. The molecule has 0 heterocycles. The van der Waals surface area contributed by atoms with Crippen molar-refractivity contribution in [1.82, 2.24) is 0 Å². The van der Waals surface area contributed by atoms with Crippen molar-refractivity contribution in [2.45, 2.75) is 6.10 Å². The number of carbonyl (C=O) groups excluding carboxylic acids is 2. The van der Waals surface area contributed by atoms with Crippen molar-refractivity contribution in [2.24, 2.45) is 0 Å². The Bertz CT molecular complexity index is 932. The molecule has 0 amide bonds. The molecule has 0 fully saturated rings. The standard InChI is InChI=1S/C23H17ClO3/c24-20-14-12-19(13-15-20)23(22(26)18-9-5-2-6-10-18)27-21(25)16-11-17-7-3-1-4-8-17/h1-16,23H/b16-11+/t23-/m1/s1. The minimum absolute atomic E-state index is 0.292. The molecule has 4 heteroatoms. The molecule has 0 unspecified atom stereocenters. The average molecular weight is 377 g/mol. The van der Waals surface area contributed by atoms with E-state index >= 15 is 0 Å². The van der Waals surface area contributed by atoms with Crippen LogP contribution in [0, 0.1) is 0 Å². The van der Waals surface area contributed by atoms with E-state index in [0.29, 0.717) is 16.1 Å². The molecule has 1 atom stereocenters. The number of hydrogen-bond donors (Lipinski definition) is 0. The van der Waals surface area contributed by atoms with Crippen LogP contribution in [0.3, 0.4) is 0 Å². The number of rotatable bonds is 6. The van der Waals surface area contributed by atoms with Crippen LogP contribution in [0.25, 0.3) is 6.08 Å². The molecular formula is C23H17ClO3. The van der Waals surface area contributed by atoms with Crippen molar-refractivity contribution in [3.8, 4) is 0 Å². The monoisotopic (exact) mass is 376 g/mol. The second-order valence-electron chi connectivity index (χ2n) is 5.84. The van der Waals surface area contributed by atoms with E-state index in [-0.39, 0.29) is 5.78 Å². The van der Waals surface area contributed by atoms with E-state index in [2.05, 4.69) is 0 Å². The first kappa shape index (κ1) is 18.6. The van der Waals surface area contributed by atoms with Gasteiger partial charge in [0.25, 0.3) is 0 Å². The van der Waals surface area contributed by atoms with Crippen LogP contribution in [0.1, 0.15) is 27.6 Å². The van der Waals surface area contributed by atoms with Crippen LogP contribution in [-0.2, 0) is 9.53 Å². The normalized spacial score (nSPS) is 11.9. The first-order valence-electron chi connectivity index (χ1n) is 8.42. The van der Waals surface area contributed by atoms with Crippen molar-refractivity contribution in [3.05, 3.63) is 113 Å². The summed E-state index contributed by atoms with van der Waals surface area (Å²) in [5, 5.41) is 0.542. The lowest BCUT2D eigenvalue weighted by molar-refractivity contribution is -0.141. The number of ether oxygens (including phenoxy) is 1. The van der Waals surface area contributed by atoms with Gasteiger partial charge < -0.3 is 4.74 Å². The minimum Gasteiger partial charge on any atom is -0.446 e. The van der Waals surface area contributed by atoms with E-state index < -0.39 is 12.1 Å². The van der Waals surface area contributed by atoms with Gasteiger partial charge in [-0.25, -0.2) is 4.79 Å². The zero-order valence-electron chi connectivity index (χ0n) is 14.4. The molecule has 3 aromatic carbocycles. The maximum atomic E-state index is 12.9. The third-order valence-corrected chi connectivity index (χ3v) is 4.17. The molecule has 3 rings (SSSR count). The minimum atomic E-state index is -1.04. The molecule has 0 aliphatic rings. The second-order valence-corrected chi connectivity index (χ2v) is 6.28. The van der Waals surface area contributed by atoms with Gasteiger partial charge in [-0.05, 0) is 23.8 Å². The SMILES string of the molecule is O=C(/C=C/c1ccccc1)O[C@@H](C(=O)c1ccccc1)c1ccc(Cl)cc1. The van der Waals surface area contributed by atoms with Gasteiger partial charge in [0.1, 0.15) is 0 Å². The van der Waals surface area contributed by atoms with Gasteiger partial charge in [0.05, 0.1) is 0 Å². The van der Waals surface area contributed by atoms with Gasteiger partial charge in [-0.2, -0.15) is 0 Å². The van der Waals surface area contributed by atoms with Crippen LogP contribution in [0.15, 0.2) is 91.0 Å². The van der Waals surface area contributed by atoms with Crippen LogP contribution < -0.4 is 0 Å². The summed E-state index contributed by atoms with van der Waals surface area (Å²) in [6.45, 7) is 0. The topological polar surface area (TPSA) is 43.4 Å². The van der Waals surface area contributed by atoms with Crippen LogP contribution in [0.2, 0.25) is 5.02 Å². The van der Waals surface area contributed by atoms with Crippen LogP contribution in [-0.4, -0.2) is 11.8 Å². The Morgan fingerprint density at radius 2 is 1.41 bits per heavy atom. The molecule has 27 heavy (non-hydrogen) atoms. The molecule has 0 spiro atoms. The maximum absolute atomic E-state index is 12.9. The Balaban J connectivity index is 1.83. The fourth-order valence-corrected chi connectivity index (χ4v) is 2.67. The highest BCUT2D eigenvalue weighted by molar-refractivity contribution is 6.30. The van der Waals surface area contributed by atoms with Gasteiger partial charge in [-0.3, -0.25) is 4.79 Å². The number of benzene rings is 3. The third-order valence-electron chi connectivity index (χ3n) is 3.91. The predicted molar refractivity (Wildman–Crippen MR) is 107 cm³/mol. The first-order chi connectivity index (χ1) is 13.1. The zero-order chi connectivity index (χ0) is 19.1. The van der Waals surface area contributed by atoms with Crippen molar-refractivity contribution >= 4 is 29.4 Å². The Hall–Kier alpha value is -3.17. The summed E-state index contributed by atoms with van der Waals surface area (Å²) in [6.07, 6.45) is 1.92. The third kappa shape index (κ3) is 5.16. The molecule has 3 nitrogen and oxygen atoms in total. The molecule has 0 bridgehead atoms. The highest BCUT2D eigenvalue weighted by atomic mass is 35.5. The fourth-order valence-electron chi connectivity index (χ4n) is 2.55. The van der Waals surface area contributed by atoms with Gasteiger partial charge in [-0.15, -0.1) is 0 Å². The second kappa shape index (κ2) is 8.97. The van der Waals surface area contributed by atoms with Gasteiger partial charge in [0, 0.05) is 22.2 Å². The van der Waals surface area contributed by atoms with Crippen molar-refractivity contribution in [2.75, 3.05) is 0 Å². The van der Waals surface area contributed by atoms with E-state index in [1.165, 1.54) is 6.08 Å². The number of halogens is 1. The molecule has 0 saturated carbocycles. The largest absolute Gasteiger partial charge is 0.446 e. The van der Waals surface area contributed by atoms with E-state index in [1.807, 2.05) is 36.4 Å². The Labute approximate surface area is 162 Å². The number of esters is 1. The smallest absolute Gasteiger partial charge is 0.331 e. The van der Waals surface area contributed by atoms with Crippen LogP contribution in [0.5, 0.6) is 0 Å². The quantitative estimate of drug-likeness (QED) is 0.323. The lowest BCUT2D eigenvalue weighted by Gasteiger charge is -2.16. The van der Waals surface area contributed by atoms with E-state index in [1.54, 1.807) is 54.6 Å². The van der Waals surface area contributed by atoms with Crippen molar-refractivity contribution in [1.29, 1.82) is 0 Å². The molecule has 134 valence electrons. The molecule has 0 N–H and O–H groups in total. The van der Waals surface area contributed by atoms with Gasteiger partial charge in [-0.1, -0.05) is 84.4 Å². The van der Waals surface area contributed by atoms with Gasteiger partial charge in [0.2, 0.25) is 5.78 Å². The van der Waals surface area contributed by atoms with Crippen LogP contribution >= 0.6 is 11.6 Å². The molecule has 3 aromatic rings. The summed E-state index contributed by atoms with van der Waals surface area (Å²) in [7, 11) is 0. The molecule has 0 aliphatic heterocycles. The summed E-state index contributed by atoms with van der Waals surface area (Å²) in [5.41, 5.74) is 1.90.